The lowest BCUT2D eigenvalue weighted by Gasteiger charge is -2.15. The molecule has 0 bridgehead atoms. The highest BCUT2D eigenvalue weighted by Gasteiger charge is 2.15. The molecule has 0 aromatic heterocycles. The van der Waals surface area contributed by atoms with Gasteiger partial charge in [-0.15, -0.1) is 12.4 Å². The second-order valence-corrected chi connectivity index (χ2v) is 5.53. The van der Waals surface area contributed by atoms with E-state index in [2.05, 4.69) is 6.07 Å². The Morgan fingerprint density at radius 3 is 2.07 bits per heavy atom. The fourth-order valence-electron chi connectivity index (χ4n) is 2.60. The van der Waals surface area contributed by atoms with Crippen molar-refractivity contribution in [3.05, 3.63) is 53.6 Å². The highest BCUT2D eigenvalue weighted by atomic mass is 35.5. The quantitative estimate of drug-likeness (QED) is 0.398. The standard InChI is InChI=1S/C21H22N2O5.ClH/c1-4-27-19-11-14(5-7-17(19)25-2)16(9-10-22)15-6-8-18(26-3)20(12-15)28-21(24)13-23;/h5-9,11-12H,4,13,23H2,1-3H3;1H. The van der Waals surface area contributed by atoms with Crippen LogP contribution < -0.4 is 24.7 Å². The van der Waals surface area contributed by atoms with E-state index >= 15 is 0 Å². The number of hydrogen-bond acceptors (Lipinski definition) is 7. The summed E-state index contributed by atoms with van der Waals surface area (Å²) in [5.74, 6) is 1.16. The Labute approximate surface area is 176 Å². The zero-order valence-electron chi connectivity index (χ0n) is 16.4. The number of carbonyl (C=O) groups is 1. The summed E-state index contributed by atoms with van der Waals surface area (Å²) < 4.78 is 21.4. The Hall–Kier alpha value is -3.21. The van der Waals surface area contributed by atoms with Crippen molar-refractivity contribution in [1.29, 1.82) is 5.26 Å². The van der Waals surface area contributed by atoms with E-state index in [9.17, 15) is 10.1 Å². The van der Waals surface area contributed by atoms with Gasteiger partial charge in [0.2, 0.25) is 0 Å². The Morgan fingerprint density at radius 1 is 1.03 bits per heavy atom. The largest absolute Gasteiger partial charge is 0.493 e. The number of methoxy groups -OCH3 is 2. The molecule has 2 aromatic carbocycles. The monoisotopic (exact) mass is 418 g/mol. The van der Waals surface area contributed by atoms with Gasteiger partial charge in [-0.2, -0.15) is 5.26 Å². The summed E-state index contributed by atoms with van der Waals surface area (Å²) in [6.45, 7) is 2.09. The van der Waals surface area contributed by atoms with Crippen molar-refractivity contribution in [3.63, 3.8) is 0 Å². The summed E-state index contributed by atoms with van der Waals surface area (Å²) in [5.41, 5.74) is 7.35. The smallest absolute Gasteiger partial charge is 0.325 e. The van der Waals surface area contributed by atoms with Gasteiger partial charge in [0.25, 0.3) is 0 Å². The molecule has 0 saturated carbocycles. The van der Waals surface area contributed by atoms with Gasteiger partial charge in [-0.3, -0.25) is 4.79 Å². The molecule has 0 fully saturated rings. The number of halogens is 1. The molecule has 0 saturated heterocycles. The van der Waals surface area contributed by atoms with E-state index in [0.29, 0.717) is 35.0 Å². The summed E-state index contributed by atoms with van der Waals surface area (Å²) in [6, 6.07) is 12.5. The number of nitriles is 1. The molecule has 0 aliphatic heterocycles. The van der Waals surface area contributed by atoms with E-state index in [1.165, 1.54) is 13.2 Å². The van der Waals surface area contributed by atoms with Crippen LogP contribution in [0, 0.1) is 11.3 Å². The first-order valence-electron chi connectivity index (χ1n) is 8.58. The number of nitrogens with zero attached hydrogens (tertiary/aromatic N) is 1. The Bertz CT molecular complexity index is 922. The lowest BCUT2D eigenvalue weighted by molar-refractivity contribution is -0.132. The van der Waals surface area contributed by atoms with Crippen LogP contribution in [0.3, 0.4) is 0 Å². The highest BCUT2D eigenvalue weighted by Crippen LogP contribution is 2.36. The van der Waals surface area contributed by atoms with E-state index in [1.807, 2.05) is 13.0 Å². The van der Waals surface area contributed by atoms with Crippen molar-refractivity contribution in [1.82, 2.24) is 0 Å². The Morgan fingerprint density at radius 2 is 1.59 bits per heavy atom. The lowest BCUT2D eigenvalue weighted by Crippen LogP contribution is -2.19. The molecular weight excluding hydrogens is 396 g/mol. The van der Waals surface area contributed by atoms with Crippen molar-refractivity contribution < 1.29 is 23.7 Å². The number of esters is 1. The number of nitrogens with two attached hydrogens (primary N) is 1. The molecule has 2 N–H and O–H groups in total. The maximum absolute atomic E-state index is 11.6. The van der Waals surface area contributed by atoms with Crippen molar-refractivity contribution in [2.24, 2.45) is 5.73 Å². The average molecular weight is 419 g/mol. The molecule has 0 spiro atoms. The minimum atomic E-state index is -0.593. The summed E-state index contributed by atoms with van der Waals surface area (Å²) in [7, 11) is 3.03. The van der Waals surface area contributed by atoms with Crippen molar-refractivity contribution in [3.8, 4) is 29.1 Å². The molecule has 0 atom stereocenters. The lowest BCUT2D eigenvalue weighted by atomic mass is 9.97. The van der Waals surface area contributed by atoms with Gasteiger partial charge in [0, 0.05) is 6.08 Å². The van der Waals surface area contributed by atoms with Crippen molar-refractivity contribution in [2.75, 3.05) is 27.4 Å². The van der Waals surface area contributed by atoms with Crippen LogP contribution in [0.2, 0.25) is 0 Å². The van der Waals surface area contributed by atoms with E-state index in [-0.39, 0.29) is 24.7 Å². The summed E-state index contributed by atoms with van der Waals surface area (Å²) in [4.78, 5) is 11.6. The van der Waals surface area contributed by atoms with E-state index in [1.54, 1.807) is 37.4 Å². The zero-order valence-corrected chi connectivity index (χ0v) is 17.2. The van der Waals surface area contributed by atoms with Crippen LogP contribution in [-0.4, -0.2) is 33.3 Å². The molecular formula is C21H23ClN2O5. The summed E-state index contributed by atoms with van der Waals surface area (Å²) in [5, 5.41) is 9.28. The minimum Gasteiger partial charge on any atom is -0.493 e. The predicted molar refractivity (Wildman–Crippen MR) is 112 cm³/mol. The zero-order chi connectivity index (χ0) is 20.5. The molecule has 0 radical (unpaired) electrons. The number of benzene rings is 2. The number of hydrogen-bond donors (Lipinski definition) is 1. The van der Waals surface area contributed by atoms with Crippen molar-refractivity contribution >= 4 is 23.9 Å². The minimum absolute atomic E-state index is 0. The maximum atomic E-state index is 11.6. The first-order valence-corrected chi connectivity index (χ1v) is 8.58. The van der Waals surface area contributed by atoms with Gasteiger partial charge in [0.1, 0.15) is 0 Å². The van der Waals surface area contributed by atoms with Gasteiger partial charge < -0.3 is 24.7 Å². The third-order valence-corrected chi connectivity index (χ3v) is 3.85. The fourth-order valence-corrected chi connectivity index (χ4v) is 2.60. The van der Waals surface area contributed by atoms with Gasteiger partial charge in [-0.1, -0.05) is 12.1 Å². The van der Waals surface area contributed by atoms with Gasteiger partial charge in [-0.05, 0) is 47.9 Å². The van der Waals surface area contributed by atoms with E-state index in [4.69, 9.17) is 24.7 Å². The molecule has 0 heterocycles. The maximum Gasteiger partial charge on any atom is 0.325 e. The van der Waals surface area contributed by atoms with Crippen LogP contribution in [0.5, 0.6) is 23.0 Å². The topological polar surface area (TPSA) is 104 Å². The van der Waals surface area contributed by atoms with Crippen LogP contribution in [0.15, 0.2) is 42.5 Å². The van der Waals surface area contributed by atoms with E-state index in [0.717, 1.165) is 5.56 Å². The average Bonchev–Trinajstić information content (AvgIpc) is 2.72. The predicted octanol–water partition coefficient (Wildman–Crippen LogP) is 3.34. The van der Waals surface area contributed by atoms with Gasteiger partial charge >= 0.3 is 5.97 Å². The third kappa shape index (κ3) is 5.88. The number of ether oxygens (including phenoxy) is 4. The van der Waals surface area contributed by atoms with E-state index < -0.39 is 5.97 Å². The fraction of sp³-hybridized carbons (Fsp3) is 0.238. The molecule has 0 aliphatic rings. The number of carbonyl (C=O) groups excluding carboxylic acids is 1. The van der Waals surface area contributed by atoms with Gasteiger partial charge in [0.05, 0.1) is 33.4 Å². The molecule has 154 valence electrons. The molecule has 0 unspecified atom stereocenters. The molecule has 7 nitrogen and oxygen atoms in total. The number of rotatable bonds is 8. The van der Waals surface area contributed by atoms with Gasteiger partial charge in [0.15, 0.2) is 23.0 Å². The van der Waals surface area contributed by atoms with Crippen LogP contribution in [0.25, 0.3) is 5.57 Å². The van der Waals surface area contributed by atoms with Crippen molar-refractivity contribution in [2.45, 2.75) is 6.92 Å². The highest BCUT2D eigenvalue weighted by molar-refractivity contribution is 5.85. The van der Waals surface area contributed by atoms with Crippen LogP contribution in [-0.2, 0) is 4.79 Å². The summed E-state index contributed by atoms with van der Waals surface area (Å²) >= 11 is 0. The molecule has 2 rings (SSSR count). The third-order valence-electron chi connectivity index (χ3n) is 3.85. The molecule has 2 aromatic rings. The van der Waals surface area contributed by atoms with Crippen LogP contribution >= 0.6 is 12.4 Å². The molecule has 0 amide bonds. The Balaban J connectivity index is 0.00000420. The SMILES string of the molecule is CCOc1cc(C(=CC#N)c2ccc(OC)c(OC(=O)CN)c2)ccc1OC.Cl. The second kappa shape index (κ2) is 11.6. The molecule has 8 heteroatoms. The first-order chi connectivity index (χ1) is 13.6. The summed E-state index contributed by atoms with van der Waals surface area (Å²) in [6.07, 6.45) is 1.41. The van der Waals surface area contributed by atoms with Crippen LogP contribution in [0.4, 0.5) is 0 Å². The molecule has 0 aliphatic carbocycles. The number of allylic oxidation sites excluding steroid dienone is 1. The molecule has 29 heavy (non-hydrogen) atoms. The first kappa shape index (κ1) is 23.8. The Kier molecular flexibility index (Phi) is 9.52. The second-order valence-electron chi connectivity index (χ2n) is 5.53. The van der Waals surface area contributed by atoms with Crippen LogP contribution in [0.1, 0.15) is 18.1 Å². The normalized spacial score (nSPS) is 10.4. The van der Waals surface area contributed by atoms with Gasteiger partial charge in [-0.25, -0.2) is 0 Å².